The summed E-state index contributed by atoms with van der Waals surface area (Å²) in [6.45, 7) is 3.85. The van der Waals surface area contributed by atoms with Crippen LogP contribution in [-0.2, 0) is 20.1 Å². The van der Waals surface area contributed by atoms with E-state index in [9.17, 15) is 9.59 Å². The Balaban J connectivity index is 1.91. The van der Waals surface area contributed by atoms with Crippen molar-refractivity contribution in [3.05, 3.63) is 56.6 Å². The zero-order chi connectivity index (χ0) is 22.8. The van der Waals surface area contributed by atoms with E-state index in [1.165, 1.54) is 4.57 Å². The summed E-state index contributed by atoms with van der Waals surface area (Å²) in [6, 6.07) is 7.59. The van der Waals surface area contributed by atoms with Crippen molar-refractivity contribution >= 4 is 28.0 Å². The number of fused-ring (bicyclic) bond motifs is 2. The van der Waals surface area contributed by atoms with Crippen LogP contribution in [0.15, 0.2) is 33.9 Å². The van der Waals surface area contributed by atoms with Crippen LogP contribution in [0.3, 0.4) is 0 Å². The van der Waals surface area contributed by atoms with Crippen LogP contribution in [0, 0.1) is 18.8 Å². The van der Waals surface area contributed by atoms with Crippen molar-refractivity contribution in [3.8, 4) is 11.8 Å². The molecular formula is C22H23N7O3. The molecule has 4 aromatic rings. The molecule has 0 aliphatic carbocycles. The van der Waals surface area contributed by atoms with Gasteiger partial charge in [0, 0.05) is 24.7 Å². The molecule has 10 heteroatoms. The maximum atomic E-state index is 13.4. The van der Waals surface area contributed by atoms with Crippen LogP contribution < -0.4 is 16.6 Å². The third kappa shape index (κ3) is 3.63. The lowest BCUT2D eigenvalue weighted by Gasteiger charge is -2.10. The molecule has 0 fully saturated rings. The van der Waals surface area contributed by atoms with Gasteiger partial charge >= 0.3 is 5.69 Å². The van der Waals surface area contributed by atoms with E-state index >= 15 is 0 Å². The Morgan fingerprint density at radius 2 is 1.91 bits per heavy atom. The number of nitrogens with zero attached hydrogens (tertiary/aromatic N) is 6. The fourth-order valence-electron chi connectivity index (χ4n) is 3.63. The first-order chi connectivity index (χ1) is 15.5. The number of nitrogens with one attached hydrogen (secondary N) is 1. The number of aliphatic hydroxyl groups excluding tert-OH is 1. The average Bonchev–Trinajstić information content (AvgIpc) is 3.16. The van der Waals surface area contributed by atoms with Gasteiger partial charge in [0.2, 0.25) is 5.95 Å². The number of benzene rings is 1. The van der Waals surface area contributed by atoms with Gasteiger partial charge in [-0.25, -0.2) is 14.8 Å². The number of aromatic nitrogens is 6. The second kappa shape index (κ2) is 8.64. The van der Waals surface area contributed by atoms with Crippen LogP contribution in [0.2, 0.25) is 0 Å². The Morgan fingerprint density at radius 3 is 2.66 bits per heavy atom. The normalized spacial score (nSPS) is 11.0. The Morgan fingerprint density at radius 1 is 1.12 bits per heavy atom. The molecule has 0 aliphatic heterocycles. The Hall–Kier alpha value is -3.97. The van der Waals surface area contributed by atoms with Crippen molar-refractivity contribution in [2.75, 3.05) is 18.5 Å². The van der Waals surface area contributed by atoms with Gasteiger partial charge in [-0.3, -0.25) is 18.5 Å². The third-order valence-electron chi connectivity index (χ3n) is 5.18. The first kappa shape index (κ1) is 21.3. The van der Waals surface area contributed by atoms with Gasteiger partial charge in [-0.05, 0) is 19.9 Å². The molecule has 1 aromatic carbocycles. The first-order valence-electron chi connectivity index (χ1n) is 10.1. The molecule has 4 rings (SSSR count). The zero-order valence-corrected chi connectivity index (χ0v) is 18.1. The van der Waals surface area contributed by atoms with Crippen LogP contribution in [0.25, 0.3) is 22.1 Å². The van der Waals surface area contributed by atoms with Crippen LogP contribution in [-0.4, -0.2) is 46.9 Å². The number of imidazole rings is 1. The van der Waals surface area contributed by atoms with Crippen molar-refractivity contribution in [1.29, 1.82) is 0 Å². The van der Waals surface area contributed by atoms with Crippen LogP contribution in [0.4, 0.5) is 5.95 Å². The minimum absolute atomic E-state index is 0.0723. The number of hydrogen-bond donors (Lipinski definition) is 2. The summed E-state index contributed by atoms with van der Waals surface area (Å²) >= 11 is 0. The second-order valence-electron chi connectivity index (χ2n) is 7.25. The molecule has 3 aromatic heterocycles. The number of anilines is 1. The molecule has 0 saturated carbocycles. The van der Waals surface area contributed by atoms with Gasteiger partial charge < -0.3 is 10.4 Å². The fourth-order valence-corrected chi connectivity index (χ4v) is 3.63. The predicted molar refractivity (Wildman–Crippen MR) is 122 cm³/mol. The monoisotopic (exact) mass is 433 g/mol. The van der Waals surface area contributed by atoms with E-state index in [0.29, 0.717) is 11.8 Å². The lowest BCUT2D eigenvalue weighted by Crippen LogP contribution is -2.40. The molecule has 0 unspecified atom stereocenters. The van der Waals surface area contributed by atoms with Crippen LogP contribution in [0.1, 0.15) is 18.4 Å². The predicted octanol–water partition coefficient (Wildman–Crippen LogP) is 0.624. The minimum Gasteiger partial charge on any atom is -0.395 e. The van der Waals surface area contributed by atoms with E-state index in [4.69, 9.17) is 5.11 Å². The van der Waals surface area contributed by atoms with Gasteiger partial charge in [0.05, 0.1) is 25.2 Å². The number of aryl methyl sites for hydroxylation is 2. The van der Waals surface area contributed by atoms with E-state index < -0.39 is 11.2 Å². The third-order valence-corrected chi connectivity index (χ3v) is 5.18. The van der Waals surface area contributed by atoms with E-state index in [2.05, 4.69) is 32.1 Å². The first-order valence-corrected chi connectivity index (χ1v) is 10.1. The molecule has 0 bridgehead atoms. The molecule has 0 saturated heterocycles. The van der Waals surface area contributed by atoms with Crippen LogP contribution in [0.5, 0.6) is 0 Å². The number of rotatable bonds is 6. The van der Waals surface area contributed by atoms with Gasteiger partial charge in [0.25, 0.3) is 5.56 Å². The molecule has 2 N–H and O–H groups in total. The summed E-state index contributed by atoms with van der Waals surface area (Å²) < 4.78 is 4.05. The lowest BCUT2D eigenvalue weighted by molar-refractivity contribution is 0.310. The minimum atomic E-state index is -0.517. The molecule has 3 heterocycles. The molecular weight excluding hydrogens is 410 g/mol. The van der Waals surface area contributed by atoms with Gasteiger partial charge in [-0.15, -0.1) is 5.92 Å². The van der Waals surface area contributed by atoms with E-state index in [-0.39, 0.29) is 37.4 Å². The lowest BCUT2D eigenvalue weighted by atomic mass is 10.2. The standard InChI is InChI=1S/C22H23N7O3/c1-4-5-11-28-18-19(26-21(28)23-10-12-30)27(3)22(32)29(20(18)31)13-17-24-14(2)15-8-6-7-9-16(15)25-17/h6-9,30H,10-13H2,1-3H3,(H,23,26). The molecule has 164 valence electrons. The molecule has 32 heavy (non-hydrogen) atoms. The molecule has 10 nitrogen and oxygen atoms in total. The zero-order valence-electron chi connectivity index (χ0n) is 18.1. The highest BCUT2D eigenvalue weighted by atomic mass is 16.3. The number of hydrogen-bond acceptors (Lipinski definition) is 7. The van der Waals surface area contributed by atoms with Gasteiger partial charge in [0.15, 0.2) is 11.2 Å². The Kier molecular flexibility index (Phi) is 5.75. The van der Waals surface area contributed by atoms with Crippen molar-refractivity contribution in [2.45, 2.75) is 26.9 Å². The molecule has 0 amide bonds. The summed E-state index contributed by atoms with van der Waals surface area (Å²) in [6.07, 6.45) is 0. The molecule has 0 radical (unpaired) electrons. The largest absolute Gasteiger partial charge is 0.395 e. The number of para-hydroxylation sites is 1. The summed E-state index contributed by atoms with van der Waals surface area (Å²) in [5.74, 6) is 6.47. The van der Waals surface area contributed by atoms with E-state index in [1.54, 1.807) is 18.5 Å². The summed E-state index contributed by atoms with van der Waals surface area (Å²) in [5, 5.41) is 13.1. The van der Waals surface area contributed by atoms with Crippen LogP contribution >= 0.6 is 0 Å². The van der Waals surface area contributed by atoms with Crippen molar-refractivity contribution < 1.29 is 5.11 Å². The molecule has 0 spiro atoms. The highest BCUT2D eigenvalue weighted by Crippen LogP contribution is 2.17. The summed E-state index contributed by atoms with van der Waals surface area (Å²) in [7, 11) is 1.56. The van der Waals surface area contributed by atoms with E-state index in [1.807, 2.05) is 31.2 Å². The second-order valence-corrected chi connectivity index (χ2v) is 7.25. The molecule has 0 atom stereocenters. The highest BCUT2D eigenvalue weighted by molar-refractivity contribution is 5.80. The highest BCUT2D eigenvalue weighted by Gasteiger charge is 2.20. The van der Waals surface area contributed by atoms with Gasteiger partial charge in [-0.1, -0.05) is 24.1 Å². The van der Waals surface area contributed by atoms with Gasteiger partial charge in [0.1, 0.15) is 5.82 Å². The Labute approximate surface area is 183 Å². The summed E-state index contributed by atoms with van der Waals surface area (Å²) in [4.78, 5) is 39.9. The number of aliphatic hydroxyl groups is 1. The maximum Gasteiger partial charge on any atom is 0.332 e. The van der Waals surface area contributed by atoms with Gasteiger partial charge in [-0.2, -0.15) is 4.98 Å². The molecule has 0 aliphatic rings. The average molecular weight is 433 g/mol. The summed E-state index contributed by atoms with van der Waals surface area (Å²) in [5.41, 5.74) is 0.991. The topological polar surface area (TPSA) is 120 Å². The van der Waals surface area contributed by atoms with Crippen molar-refractivity contribution in [2.24, 2.45) is 7.05 Å². The Bertz CT molecular complexity index is 1500. The quantitative estimate of drug-likeness (QED) is 0.428. The fraction of sp³-hybridized carbons (Fsp3) is 0.318. The van der Waals surface area contributed by atoms with Crippen molar-refractivity contribution in [3.63, 3.8) is 0 Å². The SMILES string of the molecule is CC#CCn1c(NCCO)nc2c1c(=O)n(Cc1nc(C)c3ccccc3n1)c(=O)n2C. The maximum absolute atomic E-state index is 13.4. The van der Waals surface area contributed by atoms with Crippen molar-refractivity contribution in [1.82, 2.24) is 28.7 Å². The van der Waals surface area contributed by atoms with E-state index in [0.717, 1.165) is 21.2 Å². The smallest absolute Gasteiger partial charge is 0.332 e.